The maximum absolute atomic E-state index is 12.1. The fourth-order valence-corrected chi connectivity index (χ4v) is 4.06. The van der Waals surface area contributed by atoms with Crippen LogP contribution in [0.1, 0.15) is 16.8 Å². The molecule has 0 amide bonds. The molecule has 0 aliphatic carbocycles. The minimum absolute atomic E-state index is 0.145. The van der Waals surface area contributed by atoms with E-state index in [1.165, 1.54) is 33.0 Å². The van der Waals surface area contributed by atoms with Crippen LogP contribution in [-0.2, 0) is 13.0 Å². The number of anilines is 1. The van der Waals surface area contributed by atoms with Gasteiger partial charge < -0.3 is 14.4 Å². The molecule has 1 aromatic carbocycles. The van der Waals surface area contributed by atoms with Crippen LogP contribution in [0.15, 0.2) is 23.0 Å². The van der Waals surface area contributed by atoms with E-state index in [0.717, 1.165) is 29.6 Å². The first-order valence-corrected chi connectivity index (χ1v) is 8.77. The van der Waals surface area contributed by atoms with Crippen molar-refractivity contribution in [3.8, 4) is 11.5 Å². The summed E-state index contributed by atoms with van der Waals surface area (Å²) in [5.74, 6) is 1.47. The highest BCUT2D eigenvalue weighted by atomic mass is 32.1. The molecule has 1 aliphatic heterocycles. The van der Waals surface area contributed by atoms with E-state index in [1.807, 2.05) is 19.1 Å². The van der Waals surface area contributed by atoms with Crippen LogP contribution in [-0.4, -0.2) is 35.4 Å². The topological polar surface area (TPSA) is 69.0 Å². The molecule has 4 rings (SSSR count). The third kappa shape index (κ3) is 2.72. The van der Waals surface area contributed by atoms with Crippen molar-refractivity contribution in [2.75, 3.05) is 25.7 Å². The summed E-state index contributed by atoms with van der Waals surface area (Å²) < 4.78 is 12.2. The Bertz CT molecular complexity index is 1010. The van der Waals surface area contributed by atoms with Crippen LogP contribution in [0.25, 0.3) is 4.96 Å². The Morgan fingerprint density at radius 3 is 2.56 bits per heavy atom. The summed E-state index contributed by atoms with van der Waals surface area (Å²) in [6, 6.07) is 5.56. The Hall–Kier alpha value is -2.61. The van der Waals surface area contributed by atoms with Crippen molar-refractivity contribution in [1.82, 2.24) is 14.6 Å². The fraction of sp³-hybridized carbons (Fsp3) is 0.353. The van der Waals surface area contributed by atoms with Crippen LogP contribution in [0.5, 0.6) is 11.5 Å². The van der Waals surface area contributed by atoms with Gasteiger partial charge in [-0.1, -0.05) is 11.3 Å². The monoisotopic (exact) mass is 358 g/mol. The Balaban J connectivity index is 1.70. The molecule has 3 aromatic rings. The molecule has 1 aliphatic rings. The molecular weight excluding hydrogens is 340 g/mol. The molecule has 0 saturated heterocycles. The van der Waals surface area contributed by atoms with Crippen molar-refractivity contribution in [1.29, 1.82) is 0 Å². The Morgan fingerprint density at radius 1 is 1.12 bits per heavy atom. The molecule has 130 valence electrons. The molecular formula is C17H18N4O3S. The number of rotatable bonds is 3. The summed E-state index contributed by atoms with van der Waals surface area (Å²) >= 11 is 1.44. The number of hydrogen-bond donors (Lipinski definition) is 0. The Kier molecular flexibility index (Phi) is 3.84. The van der Waals surface area contributed by atoms with E-state index in [4.69, 9.17) is 9.47 Å². The molecule has 0 N–H and O–H groups in total. The lowest BCUT2D eigenvalue weighted by Gasteiger charge is -2.28. The zero-order valence-corrected chi connectivity index (χ0v) is 15.1. The van der Waals surface area contributed by atoms with E-state index in [-0.39, 0.29) is 5.56 Å². The number of fused-ring (bicyclic) bond motifs is 2. The predicted molar refractivity (Wildman–Crippen MR) is 96.2 cm³/mol. The fourth-order valence-electron chi connectivity index (χ4n) is 3.08. The minimum atomic E-state index is -0.145. The first-order valence-electron chi connectivity index (χ1n) is 7.95. The lowest BCUT2D eigenvalue weighted by atomic mass is 9.99. The quantitative estimate of drug-likeness (QED) is 0.714. The van der Waals surface area contributed by atoms with Crippen molar-refractivity contribution >= 4 is 21.4 Å². The third-order valence-corrected chi connectivity index (χ3v) is 5.32. The van der Waals surface area contributed by atoms with Gasteiger partial charge in [0.05, 0.1) is 14.2 Å². The average Bonchev–Trinajstić information content (AvgIpc) is 3.04. The highest BCUT2D eigenvalue weighted by molar-refractivity contribution is 7.20. The Labute approximate surface area is 148 Å². The van der Waals surface area contributed by atoms with Gasteiger partial charge in [0.15, 0.2) is 11.5 Å². The first kappa shape index (κ1) is 15.9. The van der Waals surface area contributed by atoms with Gasteiger partial charge >= 0.3 is 0 Å². The van der Waals surface area contributed by atoms with E-state index in [1.54, 1.807) is 14.2 Å². The summed E-state index contributed by atoms with van der Waals surface area (Å²) in [6.45, 7) is 3.36. The van der Waals surface area contributed by atoms with Gasteiger partial charge in [-0.3, -0.25) is 4.79 Å². The van der Waals surface area contributed by atoms with Crippen LogP contribution in [0, 0.1) is 6.92 Å². The molecule has 0 spiro atoms. The number of benzene rings is 1. The van der Waals surface area contributed by atoms with Gasteiger partial charge in [-0.15, -0.1) is 5.10 Å². The van der Waals surface area contributed by atoms with Crippen molar-refractivity contribution in [2.24, 2.45) is 0 Å². The second-order valence-electron chi connectivity index (χ2n) is 5.96. The van der Waals surface area contributed by atoms with E-state index in [2.05, 4.69) is 15.0 Å². The SMILES string of the molecule is COc1cc2c(cc1OC)CN(c1nn3c(=O)cc(C)nc3s1)CC2. The summed E-state index contributed by atoms with van der Waals surface area (Å²) in [5.41, 5.74) is 3.00. The van der Waals surface area contributed by atoms with Crippen molar-refractivity contribution in [3.63, 3.8) is 0 Å². The molecule has 0 saturated carbocycles. The molecule has 3 heterocycles. The minimum Gasteiger partial charge on any atom is -0.493 e. The molecule has 7 nitrogen and oxygen atoms in total. The normalized spacial score (nSPS) is 13.8. The predicted octanol–water partition coefficient (Wildman–Crippen LogP) is 2.04. The smallest absolute Gasteiger partial charge is 0.275 e. The molecule has 0 bridgehead atoms. The third-order valence-electron chi connectivity index (χ3n) is 4.35. The van der Waals surface area contributed by atoms with Crippen LogP contribution in [0.3, 0.4) is 0 Å². The van der Waals surface area contributed by atoms with Crippen molar-refractivity contribution in [3.05, 3.63) is 45.4 Å². The maximum Gasteiger partial charge on any atom is 0.275 e. The number of aryl methyl sites for hydroxylation is 1. The molecule has 0 radical (unpaired) electrons. The molecule has 0 fully saturated rings. The van der Waals surface area contributed by atoms with Gasteiger partial charge in [-0.2, -0.15) is 4.52 Å². The van der Waals surface area contributed by atoms with Gasteiger partial charge in [0.2, 0.25) is 10.1 Å². The zero-order chi connectivity index (χ0) is 17.6. The Morgan fingerprint density at radius 2 is 1.84 bits per heavy atom. The van der Waals surface area contributed by atoms with Gasteiger partial charge in [-0.25, -0.2) is 4.98 Å². The molecule has 0 atom stereocenters. The van der Waals surface area contributed by atoms with Crippen LogP contribution in [0.4, 0.5) is 5.13 Å². The van der Waals surface area contributed by atoms with E-state index in [9.17, 15) is 4.79 Å². The van der Waals surface area contributed by atoms with Gasteiger partial charge in [0, 0.05) is 24.8 Å². The number of methoxy groups -OCH3 is 2. The highest BCUT2D eigenvalue weighted by Gasteiger charge is 2.22. The zero-order valence-electron chi connectivity index (χ0n) is 14.3. The van der Waals surface area contributed by atoms with E-state index < -0.39 is 0 Å². The maximum atomic E-state index is 12.1. The van der Waals surface area contributed by atoms with E-state index >= 15 is 0 Å². The van der Waals surface area contributed by atoms with Crippen LogP contribution >= 0.6 is 11.3 Å². The molecule has 25 heavy (non-hydrogen) atoms. The van der Waals surface area contributed by atoms with Crippen molar-refractivity contribution in [2.45, 2.75) is 19.9 Å². The number of nitrogens with zero attached hydrogens (tertiary/aromatic N) is 4. The highest BCUT2D eigenvalue weighted by Crippen LogP contribution is 2.35. The number of ether oxygens (including phenoxy) is 2. The number of aromatic nitrogens is 3. The van der Waals surface area contributed by atoms with Gasteiger partial charge in [-0.05, 0) is 36.6 Å². The lowest BCUT2D eigenvalue weighted by molar-refractivity contribution is 0.353. The molecule has 8 heteroatoms. The summed E-state index contributed by atoms with van der Waals surface area (Å²) in [4.78, 5) is 19.3. The van der Waals surface area contributed by atoms with Gasteiger partial charge in [0.1, 0.15) is 0 Å². The largest absolute Gasteiger partial charge is 0.493 e. The summed E-state index contributed by atoms with van der Waals surface area (Å²) in [6.07, 6.45) is 0.882. The van der Waals surface area contributed by atoms with Crippen molar-refractivity contribution < 1.29 is 9.47 Å². The first-order chi connectivity index (χ1) is 12.1. The standard InChI is InChI=1S/C17H18N4O3S/c1-10-6-15(22)21-16(18-10)25-17(19-21)20-5-4-11-7-13(23-2)14(24-3)8-12(11)9-20/h6-8H,4-5,9H2,1-3H3. The lowest BCUT2D eigenvalue weighted by Crippen LogP contribution is -2.30. The number of hydrogen-bond acceptors (Lipinski definition) is 7. The molecule has 2 aromatic heterocycles. The summed E-state index contributed by atoms with van der Waals surface area (Å²) in [7, 11) is 3.28. The van der Waals surface area contributed by atoms with Crippen LogP contribution < -0.4 is 19.9 Å². The van der Waals surface area contributed by atoms with Crippen LogP contribution in [0.2, 0.25) is 0 Å². The second-order valence-corrected chi connectivity index (χ2v) is 6.90. The van der Waals surface area contributed by atoms with E-state index in [0.29, 0.717) is 17.2 Å². The molecule has 0 unspecified atom stereocenters. The average molecular weight is 358 g/mol. The van der Waals surface area contributed by atoms with Gasteiger partial charge in [0.25, 0.3) is 5.56 Å². The second kappa shape index (κ2) is 6.03. The summed E-state index contributed by atoms with van der Waals surface area (Å²) in [5, 5.41) is 5.26.